The van der Waals surface area contributed by atoms with Gasteiger partial charge in [-0.25, -0.2) is 4.79 Å². The third kappa shape index (κ3) is 12.9. The number of piperidine rings is 1. The summed E-state index contributed by atoms with van der Waals surface area (Å²) in [5.41, 5.74) is -1.72. The summed E-state index contributed by atoms with van der Waals surface area (Å²) in [5.74, 6) is -0.561. The van der Waals surface area contributed by atoms with E-state index in [1.807, 2.05) is 22.9 Å². The smallest absolute Gasteiger partial charge is 0.401 e. The molecule has 3 aliphatic rings. The first-order chi connectivity index (χ1) is 19.7. The predicted molar refractivity (Wildman–Crippen MR) is 159 cm³/mol. The molecule has 0 radical (unpaired) electrons. The number of aliphatic hydroxyl groups is 1. The number of quaternary nitrogens is 1. The molecule has 2 aromatic rings. The molecule has 3 aliphatic heterocycles. The number of ether oxygens (including phenoxy) is 2. The van der Waals surface area contributed by atoms with Crippen molar-refractivity contribution in [3.8, 4) is 0 Å². The minimum atomic E-state index is -4.66. The van der Waals surface area contributed by atoms with E-state index in [0.29, 0.717) is 34.0 Å². The second kappa shape index (κ2) is 16.2. The Balaban J connectivity index is 0.000000443. The van der Waals surface area contributed by atoms with Crippen LogP contribution in [0.15, 0.2) is 35.0 Å². The van der Waals surface area contributed by atoms with Gasteiger partial charge in [0, 0.05) is 12.8 Å². The summed E-state index contributed by atoms with van der Waals surface area (Å²) in [7, 11) is 4.49. The average Bonchev–Trinajstić information content (AvgIpc) is 3.15. The van der Waals surface area contributed by atoms with Crippen LogP contribution < -0.4 is 17.0 Å². The molecule has 22 heteroatoms. The molecule has 0 amide bonds. The summed E-state index contributed by atoms with van der Waals surface area (Å²) in [4.78, 5) is 10.8. The normalized spacial score (nSPS) is 25.0. The molecule has 0 spiro atoms. The van der Waals surface area contributed by atoms with Crippen LogP contribution in [0, 0.1) is 0 Å². The Bertz CT molecular complexity index is 1120. The number of esters is 1. The molecule has 3 saturated heterocycles. The molecule has 0 aromatic carbocycles. The molecule has 0 aliphatic carbocycles. The van der Waals surface area contributed by atoms with Gasteiger partial charge in [0.15, 0.2) is 0 Å². The Hall–Kier alpha value is 0.770. The Labute approximate surface area is 306 Å². The third-order valence-corrected chi connectivity index (χ3v) is 9.21. The maximum Gasteiger partial charge on any atom is 0.401 e. The number of hydrogen-bond acceptors (Lipinski definition) is 6. The summed E-state index contributed by atoms with van der Waals surface area (Å²) in [6.45, 7) is 0. The van der Waals surface area contributed by atoms with E-state index in [1.165, 1.54) is 22.7 Å². The SMILES string of the molecule is C[N+]1(C)[C@@H]2CC(OC(=O)C(O)(c3cccs3)c3cccs3)C[C@H]1[C@@H]1O[C@@H]12.FC(Cl)(Cl)Cl.FC(F)(Cl)C(F)(F)Cl.FC(F)(Cl)Cl.[Br-]. The highest BCUT2D eigenvalue weighted by atomic mass is 79.9. The third-order valence-electron chi connectivity index (χ3n) is 6.68. The number of nitrogens with zero attached hydrogens (tertiary/aromatic N) is 1. The molecule has 5 rings (SSSR count). The zero-order chi connectivity index (χ0) is 34.1. The van der Waals surface area contributed by atoms with Crippen LogP contribution in [0.3, 0.4) is 0 Å². The summed E-state index contributed by atoms with van der Waals surface area (Å²) in [5, 5.41) is 5.78. The van der Waals surface area contributed by atoms with E-state index in [2.05, 4.69) is 95.3 Å². The standard InChI is InChI=1S/C19H22NO4S2.C2Cl2F4.CCl3F.CCl2F2.BrH/c1-20(2)12-9-11(10-13(20)17-16(12)24-17)23-18(21)19(22,14-5-3-7-25-14)15-6-4-8-26-15;3-1(5,6)2(4,7)8;2*2-1(3,4)5;/h3-8,11-13,16-17,22H,9-10H2,1-2H3;;;;1H/q+1;;;;/p-1/t11?,12-,13+,16-,17+;;;;. The van der Waals surface area contributed by atoms with Gasteiger partial charge in [-0.1, -0.05) is 12.1 Å². The zero-order valence-electron chi connectivity index (χ0n) is 22.4. The van der Waals surface area contributed by atoms with E-state index in [0.717, 1.165) is 17.3 Å². The fraction of sp³-hybridized carbons (Fsp3) is 0.609. The number of carbonyl (C=O) groups excluding carboxylic acids is 1. The highest BCUT2D eigenvalue weighted by molar-refractivity contribution is 7.12. The number of rotatable bonds is 5. The lowest BCUT2D eigenvalue weighted by molar-refractivity contribution is -0.938. The first-order valence-corrected chi connectivity index (χ1v) is 16.2. The molecule has 45 heavy (non-hydrogen) atoms. The molecule has 1 unspecified atom stereocenters. The number of epoxide rings is 1. The van der Waals surface area contributed by atoms with Crippen LogP contribution >= 0.6 is 104 Å². The van der Waals surface area contributed by atoms with Crippen LogP contribution in [0.4, 0.5) is 30.7 Å². The van der Waals surface area contributed by atoms with Crippen molar-refractivity contribution < 1.29 is 71.6 Å². The van der Waals surface area contributed by atoms with E-state index < -0.39 is 31.2 Å². The maximum atomic E-state index is 13.1. The number of fused-ring (bicyclic) bond motifs is 5. The Kier molecular flexibility index (Phi) is 15.8. The van der Waals surface area contributed by atoms with Crippen LogP contribution in [0.5, 0.6) is 0 Å². The molecule has 0 saturated carbocycles. The highest BCUT2D eigenvalue weighted by Gasteiger charge is 2.71. The van der Waals surface area contributed by atoms with Crippen LogP contribution in [0.2, 0.25) is 0 Å². The lowest BCUT2D eigenvalue weighted by Gasteiger charge is -2.45. The van der Waals surface area contributed by atoms with Crippen molar-refractivity contribution in [2.75, 3.05) is 14.1 Å². The summed E-state index contributed by atoms with van der Waals surface area (Å²) in [6.07, 6.45) is 2.05. The number of morpholine rings is 1. The Morgan fingerprint density at radius 1 is 0.844 bits per heavy atom. The molecule has 2 aromatic heterocycles. The van der Waals surface area contributed by atoms with Crippen LogP contribution in [0.25, 0.3) is 0 Å². The average molecular weight is 902 g/mol. The van der Waals surface area contributed by atoms with Gasteiger partial charge in [0.1, 0.15) is 30.4 Å². The number of thiophene rings is 2. The summed E-state index contributed by atoms with van der Waals surface area (Å²) < 4.78 is 86.6. The van der Waals surface area contributed by atoms with Gasteiger partial charge in [0.25, 0.3) is 0 Å². The topological polar surface area (TPSA) is 59.1 Å². The highest BCUT2D eigenvalue weighted by Crippen LogP contribution is 2.52. The second-order valence-corrected chi connectivity index (χ2v) is 16.0. The Morgan fingerprint density at radius 2 is 1.18 bits per heavy atom. The Morgan fingerprint density at radius 3 is 1.44 bits per heavy atom. The summed E-state index contributed by atoms with van der Waals surface area (Å²) in [6, 6.07) is 8.01. The first-order valence-electron chi connectivity index (χ1n) is 11.8. The minimum absolute atomic E-state index is 0. The van der Waals surface area contributed by atoms with Gasteiger partial charge in [-0.15, -0.1) is 22.7 Å². The molecule has 260 valence electrons. The van der Waals surface area contributed by atoms with Gasteiger partial charge in [-0.2, -0.15) is 30.7 Å². The van der Waals surface area contributed by atoms with E-state index in [4.69, 9.17) is 9.47 Å². The molecular formula is C23H22BrCl7F7NO4S2. The lowest BCUT2D eigenvalue weighted by Crippen LogP contribution is -3.00. The number of halogens is 15. The largest absolute Gasteiger partial charge is 1.00 e. The molecular weight excluding hydrogens is 879 g/mol. The summed E-state index contributed by atoms with van der Waals surface area (Å²) >= 11 is 31.4. The molecule has 2 bridgehead atoms. The van der Waals surface area contributed by atoms with Gasteiger partial charge < -0.3 is 36.0 Å². The quantitative estimate of drug-likeness (QED) is 0.126. The zero-order valence-corrected chi connectivity index (χ0v) is 30.9. The van der Waals surface area contributed by atoms with E-state index in [9.17, 15) is 40.6 Å². The van der Waals surface area contributed by atoms with Crippen LogP contribution in [0.1, 0.15) is 22.6 Å². The first kappa shape index (κ1) is 43.8. The van der Waals surface area contributed by atoms with Gasteiger partial charge in [-0.3, -0.25) is 0 Å². The molecule has 5 atom stereocenters. The number of alkyl halides is 14. The fourth-order valence-corrected chi connectivity index (χ4v) is 6.54. The predicted octanol–water partition coefficient (Wildman–Crippen LogP) is 6.30. The van der Waals surface area contributed by atoms with Crippen molar-refractivity contribution in [3.05, 3.63) is 44.8 Å². The van der Waals surface area contributed by atoms with Crippen molar-refractivity contribution in [2.45, 2.75) is 68.5 Å². The van der Waals surface area contributed by atoms with Crippen molar-refractivity contribution in [3.63, 3.8) is 0 Å². The van der Waals surface area contributed by atoms with Crippen LogP contribution in [-0.4, -0.2) is 79.7 Å². The number of hydrogen-bond donors (Lipinski definition) is 1. The van der Waals surface area contributed by atoms with Gasteiger partial charge in [0.05, 0.1) is 23.8 Å². The monoisotopic (exact) mass is 897 g/mol. The maximum absolute atomic E-state index is 13.1. The van der Waals surface area contributed by atoms with E-state index in [1.54, 1.807) is 12.1 Å². The van der Waals surface area contributed by atoms with E-state index >= 15 is 0 Å². The fourth-order valence-electron chi connectivity index (χ4n) is 4.83. The van der Waals surface area contributed by atoms with Gasteiger partial charge in [-0.05, 0) is 104 Å². The number of likely N-dealkylation sites (N-methyl/N-ethyl adjacent to an activating group) is 1. The molecule has 1 N–H and O–H groups in total. The van der Waals surface area contributed by atoms with Gasteiger partial charge in [0.2, 0.25) is 5.60 Å². The van der Waals surface area contributed by atoms with Gasteiger partial charge >= 0.3 is 25.6 Å². The number of carbonyl (C=O) groups is 1. The molecule has 3 fully saturated rings. The molecule has 5 nitrogen and oxygen atoms in total. The van der Waals surface area contributed by atoms with Crippen LogP contribution in [-0.2, 0) is 19.9 Å². The second-order valence-electron chi connectivity index (χ2n) is 9.85. The minimum Gasteiger partial charge on any atom is -1.00 e. The van der Waals surface area contributed by atoms with Crippen molar-refractivity contribution in [1.82, 2.24) is 0 Å². The van der Waals surface area contributed by atoms with Crippen molar-refractivity contribution >= 4 is 110 Å². The lowest BCUT2D eigenvalue weighted by atomic mass is 9.95. The van der Waals surface area contributed by atoms with E-state index in [-0.39, 0.29) is 23.1 Å². The van der Waals surface area contributed by atoms with Crippen molar-refractivity contribution in [2.24, 2.45) is 0 Å². The van der Waals surface area contributed by atoms with Crippen molar-refractivity contribution in [1.29, 1.82) is 0 Å². The molecule has 5 heterocycles.